The number of hydrogen-bond donors (Lipinski definition) is 1. The summed E-state index contributed by atoms with van der Waals surface area (Å²) in [7, 11) is 0. The zero-order valence-corrected chi connectivity index (χ0v) is 14.5. The number of carbonyl (C=O) groups excluding carboxylic acids is 1. The lowest BCUT2D eigenvalue weighted by Gasteiger charge is -2.12. The Morgan fingerprint density at radius 1 is 1.23 bits per heavy atom. The van der Waals surface area contributed by atoms with E-state index in [0.29, 0.717) is 18.7 Å². The summed E-state index contributed by atoms with van der Waals surface area (Å²) in [4.78, 5) is 17.3. The van der Waals surface area contributed by atoms with Gasteiger partial charge in [0.25, 0.3) is 0 Å². The SMILES string of the molecule is O=C1c2ncc3c(ccn3Cc3ccc(F)cc3)c2CCCC1CCO. The Labute approximate surface area is 151 Å². The number of pyridine rings is 1. The predicted octanol–water partition coefficient (Wildman–Crippen LogP) is 3.74. The molecule has 134 valence electrons. The van der Waals surface area contributed by atoms with Crippen molar-refractivity contribution in [3.8, 4) is 0 Å². The lowest BCUT2D eigenvalue weighted by atomic mass is 9.95. The average molecular weight is 352 g/mol. The molecule has 0 saturated carbocycles. The Morgan fingerprint density at radius 2 is 2.04 bits per heavy atom. The fraction of sp³-hybridized carbons (Fsp3) is 0.333. The fourth-order valence-electron chi connectivity index (χ4n) is 3.89. The molecule has 0 saturated heterocycles. The van der Waals surface area contributed by atoms with Gasteiger partial charge in [0.2, 0.25) is 0 Å². The standard InChI is InChI=1S/C21H21FN2O2/c22-16-6-4-14(5-7-16)13-24-10-8-17-18-3-1-2-15(9-11-25)21(26)20(18)23-12-19(17)24/h4-8,10,12,15,25H,1-3,9,11,13H2. The number of aliphatic hydroxyl groups is 1. The number of nitrogens with zero attached hydrogens (tertiary/aromatic N) is 2. The van der Waals surface area contributed by atoms with Crippen LogP contribution in [0.3, 0.4) is 0 Å². The highest BCUT2D eigenvalue weighted by Crippen LogP contribution is 2.31. The van der Waals surface area contributed by atoms with Crippen molar-refractivity contribution in [3.05, 3.63) is 65.4 Å². The van der Waals surface area contributed by atoms with Crippen LogP contribution in [0.2, 0.25) is 0 Å². The monoisotopic (exact) mass is 352 g/mol. The van der Waals surface area contributed by atoms with Crippen LogP contribution in [0.15, 0.2) is 42.7 Å². The highest BCUT2D eigenvalue weighted by Gasteiger charge is 2.27. The molecule has 1 aliphatic carbocycles. The van der Waals surface area contributed by atoms with E-state index in [2.05, 4.69) is 9.55 Å². The molecule has 0 aliphatic heterocycles. The van der Waals surface area contributed by atoms with Crippen molar-refractivity contribution >= 4 is 16.7 Å². The zero-order chi connectivity index (χ0) is 18.1. The summed E-state index contributed by atoms with van der Waals surface area (Å²) in [6.45, 7) is 0.660. The van der Waals surface area contributed by atoms with Crippen LogP contribution in [-0.2, 0) is 13.0 Å². The van der Waals surface area contributed by atoms with Crippen molar-refractivity contribution in [2.24, 2.45) is 5.92 Å². The molecule has 4 nitrogen and oxygen atoms in total. The third-order valence-electron chi connectivity index (χ3n) is 5.26. The maximum Gasteiger partial charge on any atom is 0.184 e. The number of aromatic nitrogens is 2. The van der Waals surface area contributed by atoms with Gasteiger partial charge in [0, 0.05) is 30.7 Å². The van der Waals surface area contributed by atoms with Crippen LogP contribution in [0.4, 0.5) is 4.39 Å². The van der Waals surface area contributed by atoms with Crippen molar-refractivity contribution in [1.82, 2.24) is 9.55 Å². The van der Waals surface area contributed by atoms with Crippen molar-refractivity contribution in [1.29, 1.82) is 0 Å². The Kier molecular flexibility index (Phi) is 4.55. The topological polar surface area (TPSA) is 55.1 Å². The number of fused-ring (bicyclic) bond motifs is 3. The first-order chi connectivity index (χ1) is 12.7. The van der Waals surface area contributed by atoms with Gasteiger partial charge in [-0.2, -0.15) is 0 Å². The first kappa shape index (κ1) is 16.9. The largest absolute Gasteiger partial charge is 0.396 e. The minimum atomic E-state index is -0.242. The molecule has 1 atom stereocenters. The number of carbonyl (C=O) groups is 1. The number of hydrogen-bond acceptors (Lipinski definition) is 3. The third-order valence-corrected chi connectivity index (χ3v) is 5.26. The second kappa shape index (κ2) is 7.00. The molecular formula is C21H21FN2O2. The van der Waals surface area contributed by atoms with Gasteiger partial charge in [0.1, 0.15) is 11.5 Å². The molecular weight excluding hydrogens is 331 g/mol. The normalized spacial score (nSPS) is 17.3. The van der Waals surface area contributed by atoms with E-state index in [-0.39, 0.29) is 24.1 Å². The van der Waals surface area contributed by atoms with Crippen LogP contribution in [0.5, 0.6) is 0 Å². The summed E-state index contributed by atoms with van der Waals surface area (Å²) in [5.41, 5.74) is 3.58. The van der Waals surface area contributed by atoms with Crippen LogP contribution in [0.25, 0.3) is 10.9 Å². The Morgan fingerprint density at radius 3 is 2.81 bits per heavy atom. The second-order valence-electron chi connectivity index (χ2n) is 6.92. The molecule has 0 fully saturated rings. The third kappa shape index (κ3) is 3.03. The van der Waals surface area contributed by atoms with E-state index >= 15 is 0 Å². The Hall–Kier alpha value is -2.53. The van der Waals surface area contributed by atoms with Gasteiger partial charge in [0.05, 0.1) is 11.7 Å². The summed E-state index contributed by atoms with van der Waals surface area (Å²) >= 11 is 0. The zero-order valence-electron chi connectivity index (χ0n) is 14.5. The van der Waals surface area contributed by atoms with E-state index < -0.39 is 0 Å². The molecule has 4 rings (SSSR count). The fourth-order valence-corrected chi connectivity index (χ4v) is 3.89. The first-order valence-electron chi connectivity index (χ1n) is 9.03. The predicted molar refractivity (Wildman–Crippen MR) is 97.7 cm³/mol. The molecule has 1 N–H and O–H groups in total. The molecule has 26 heavy (non-hydrogen) atoms. The summed E-state index contributed by atoms with van der Waals surface area (Å²) in [5, 5.41) is 10.3. The molecule has 0 amide bonds. The van der Waals surface area contributed by atoms with Gasteiger partial charge in [-0.3, -0.25) is 9.78 Å². The molecule has 0 radical (unpaired) electrons. The number of halogens is 1. The van der Waals surface area contributed by atoms with Crippen molar-refractivity contribution in [3.63, 3.8) is 0 Å². The van der Waals surface area contributed by atoms with Gasteiger partial charge < -0.3 is 9.67 Å². The molecule has 1 aliphatic rings. The quantitative estimate of drug-likeness (QED) is 0.728. The smallest absolute Gasteiger partial charge is 0.184 e. The maximum absolute atomic E-state index is 13.1. The highest BCUT2D eigenvalue weighted by atomic mass is 19.1. The number of aryl methyl sites for hydroxylation is 1. The number of rotatable bonds is 4. The van der Waals surface area contributed by atoms with Crippen molar-refractivity contribution in [2.75, 3.05) is 6.61 Å². The summed E-state index contributed by atoms with van der Waals surface area (Å²) in [6.07, 6.45) is 6.81. The van der Waals surface area contributed by atoms with E-state index in [1.807, 2.05) is 12.3 Å². The molecule has 5 heteroatoms. The molecule has 1 unspecified atom stereocenters. The maximum atomic E-state index is 13.1. The molecule has 0 spiro atoms. The highest BCUT2D eigenvalue weighted by molar-refractivity contribution is 6.01. The van der Waals surface area contributed by atoms with Gasteiger partial charge in [-0.05, 0) is 55.0 Å². The van der Waals surface area contributed by atoms with Crippen molar-refractivity contribution in [2.45, 2.75) is 32.2 Å². The molecule has 0 bridgehead atoms. The minimum Gasteiger partial charge on any atom is -0.396 e. The van der Waals surface area contributed by atoms with Crippen LogP contribution in [0, 0.1) is 11.7 Å². The van der Waals surface area contributed by atoms with E-state index in [1.54, 1.807) is 18.3 Å². The molecule has 3 aromatic rings. The molecule has 2 aromatic heterocycles. The van der Waals surface area contributed by atoms with Gasteiger partial charge in [-0.25, -0.2) is 4.39 Å². The minimum absolute atomic E-state index is 0.0298. The lowest BCUT2D eigenvalue weighted by molar-refractivity contribution is 0.0885. The van der Waals surface area contributed by atoms with Gasteiger partial charge >= 0.3 is 0 Å². The van der Waals surface area contributed by atoms with E-state index in [1.165, 1.54) is 12.1 Å². The number of benzene rings is 1. The summed E-state index contributed by atoms with van der Waals surface area (Å²) in [5.74, 6) is -0.318. The van der Waals surface area contributed by atoms with Gasteiger partial charge in [-0.15, -0.1) is 0 Å². The van der Waals surface area contributed by atoms with Crippen LogP contribution >= 0.6 is 0 Å². The van der Waals surface area contributed by atoms with Gasteiger partial charge in [-0.1, -0.05) is 12.1 Å². The Bertz CT molecular complexity index is 947. The van der Waals surface area contributed by atoms with E-state index in [0.717, 1.165) is 41.3 Å². The summed E-state index contributed by atoms with van der Waals surface area (Å²) in [6, 6.07) is 8.53. The van der Waals surface area contributed by atoms with Crippen molar-refractivity contribution < 1.29 is 14.3 Å². The molecule has 2 heterocycles. The average Bonchev–Trinajstić information content (AvgIpc) is 2.98. The first-order valence-corrected chi connectivity index (χ1v) is 9.03. The molecule has 1 aromatic carbocycles. The number of ketones is 1. The Balaban J connectivity index is 1.71. The summed E-state index contributed by atoms with van der Waals surface area (Å²) < 4.78 is 15.2. The van der Waals surface area contributed by atoms with Crippen LogP contribution < -0.4 is 0 Å². The lowest BCUT2D eigenvalue weighted by Crippen LogP contribution is -2.17. The van der Waals surface area contributed by atoms with E-state index in [4.69, 9.17) is 0 Å². The van der Waals surface area contributed by atoms with E-state index in [9.17, 15) is 14.3 Å². The van der Waals surface area contributed by atoms with Gasteiger partial charge in [0.15, 0.2) is 5.78 Å². The van der Waals surface area contributed by atoms with Crippen LogP contribution in [-0.4, -0.2) is 27.0 Å². The number of Topliss-reactive ketones (excluding diaryl/α,β-unsaturated/α-hetero) is 1. The number of aliphatic hydroxyl groups excluding tert-OH is 1. The second-order valence-corrected chi connectivity index (χ2v) is 6.92. The van der Waals surface area contributed by atoms with Crippen LogP contribution in [0.1, 0.15) is 40.9 Å².